The highest BCUT2D eigenvalue weighted by molar-refractivity contribution is 6.32. The van der Waals surface area contributed by atoms with Gasteiger partial charge in [-0.15, -0.1) is 0 Å². The number of nitrogens with zero attached hydrogens (tertiary/aromatic N) is 1. The summed E-state index contributed by atoms with van der Waals surface area (Å²) in [6, 6.07) is 20.6. The standard InChI is InChI=1S/C24H23ClN2O3/c1-3-29-22-14-18(15-26-19-11-9-17(2)10-12-19)13-21(25)24(22)30-16-23(28)27-20-7-5-4-6-8-20/h4-15H,3,16H2,1-2H3,(H,27,28). The highest BCUT2D eigenvalue weighted by Gasteiger charge is 2.14. The molecule has 0 aromatic heterocycles. The Hall–Kier alpha value is -3.31. The number of benzene rings is 3. The van der Waals surface area contributed by atoms with E-state index in [1.54, 1.807) is 30.5 Å². The summed E-state index contributed by atoms with van der Waals surface area (Å²) in [5.74, 6) is 0.502. The van der Waals surface area contributed by atoms with Crippen LogP contribution in [0, 0.1) is 6.92 Å². The summed E-state index contributed by atoms with van der Waals surface area (Å²) < 4.78 is 11.3. The van der Waals surface area contributed by atoms with Crippen LogP contribution in [-0.4, -0.2) is 25.3 Å². The summed E-state index contributed by atoms with van der Waals surface area (Å²) in [5.41, 5.74) is 3.48. The number of nitrogens with one attached hydrogen (secondary N) is 1. The van der Waals surface area contributed by atoms with Gasteiger partial charge in [-0.25, -0.2) is 0 Å². The number of aliphatic imine (C=N–C) groups is 1. The number of carbonyl (C=O) groups excluding carboxylic acids is 1. The number of halogens is 1. The fourth-order valence-electron chi connectivity index (χ4n) is 2.70. The van der Waals surface area contributed by atoms with Crippen molar-refractivity contribution in [3.8, 4) is 11.5 Å². The smallest absolute Gasteiger partial charge is 0.262 e. The van der Waals surface area contributed by atoms with E-state index in [1.165, 1.54) is 5.56 Å². The van der Waals surface area contributed by atoms with Gasteiger partial charge in [-0.1, -0.05) is 47.5 Å². The van der Waals surface area contributed by atoms with Crippen LogP contribution in [0.25, 0.3) is 0 Å². The molecule has 0 spiro atoms. The summed E-state index contributed by atoms with van der Waals surface area (Å²) in [4.78, 5) is 16.6. The van der Waals surface area contributed by atoms with E-state index in [9.17, 15) is 4.79 Å². The number of anilines is 1. The lowest BCUT2D eigenvalue weighted by molar-refractivity contribution is -0.118. The van der Waals surface area contributed by atoms with Crippen molar-refractivity contribution in [1.82, 2.24) is 0 Å². The van der Waals surface area contributed by atoms with Crippen LogP contribution < -0.4 is 14.8 Å². The maximum Gasteiger partial charge on any atom is 0.262 e. The molecule has 0 saturated heterocycles. The maximum absolute atomic E-state index is 12.2. The lowest BCUT2D eigenvalue weighted by Gasteiger charge is -2.14. The summed E-state index contributed by atoms with van der Waals surface area (Å²) in [5, 5.41) is 3.11. The predicted octanol–water partition coefficient (Wildman–Crippen LogP) is 5.82. The molecule has 0 atom stereocenters. The van der Waals surface area contributed by atoms with Crippen LogP contribution in [0.2, 0.25) is 5.02 Å². The SMILES string of the molecule is CCOc1cc(C=Nc2ccc(C)cc2)cc(Cl)c1OCC(=O)Nc1ccccc1. The molecule has 0 fully saturated rings. The normalized spacial score (nSPS) is 10.8. The van der Waals surface area contributed by atoms with Crippen molar-refractivity contribution < 1.29 is 14.3 Å². The molecule has 0 heterocycles. The monoisotopic (exact) mass is 422 g/mol. The number of aryl methyl sites for hydroxylation is 1. The zero-order valence-electron chi connectivity index (χ0n) is 16.9. The summed E-state index contributed by atoms with van der Waals surface area (Å²) >= 11 is 6.42. The fraction of sp³-hybridized carbons (Fsp3) is 0.167. The minimum absolute atomic E-state index is 0.189. The second kappa shape index (κ2) is 10.5. The van der Waals surface area contributed by atoms with Crippen LogP contribution >= 0.6 is 11.6 Å². The third kappa shape index (κ3) is 6.09. The van der Waals surface area contributed by atoms with E-state index in [-0.39, 0.29) is 12.5 Å². The zero-order valence-corrected chi connectivity index (χ0v) is 17.6. The Morgan fingerprint density at radius 1 is 1.07 bits per heavy atom. The number of amides is 1. The molecule has 0 unspecified atom stereocenters. The van der Waals surface area contributed by atoms with E-state index in [2.05, 4.69) is 10.3 Å². The first-order chi connectivity index (χ1) is 14.5. The van der Waals surface area contributed by atoms with Gasteiger partial charge >= 0.3 is 0 Å². The van der Waals surface area contributed by atoms with Crippen molar-refractivity contribution in [1.29, 1.82) is 0 Å². The Morgan fingerprint density at radius 2 is 1.80 bits per heavy atom. The van der Waals surface area contributed by atoms with Crippen LogP contribution in [0.1, 0.15) is 18.1 Å². The molecule has 0 aliphatic heterocycles. The van der Waals surface area contributed by atoms with Crippen molar-refractivity contribution in [3.05, 3.63) is 82.9 Å². The number of hydrogen-bond acceptors (Lipinski definition) is 4. The molecule has 5 nitrogen and oxygen atoms in total. The molecule has 6 heteroatoms. The van der Waals surface area contributed by atoms with Crippen molar-refractivity contribution in [2.75, 3.05) is 18.5 Å². The topological polar surface area (TPSA) is 59.9 Å². The first kappa shape index (κ1) is 21.4. The summed E-state index contributed by atoms with van der Waals surface area (Å²) in [6.07, 6.45) is 1.71. The third-order valence-electron chi connectivity index (χ3n) is 4.13. The summed E-state index contributed by atoms with van der Waals surface area (Å²) in [6.45, 7) is 4.14. The van der Waals surface area contributed by atoms with Gasteiger partial charge in [0, 0.05) is 11.9 Å². The molecular formula is C24H23ClN2O3. The Labute approximate surface area is 181 Å². The maximum atomic E-state index is 12.2. The molecule has 3 aromatic carbocycles. The Balaban J connectivity index is 1.72. The number of hydrogen-bond donors (Lipinski definition) is 1. The number of ether oxygens (including phenoxy) is 2. The fourth-order valence-corrected chi connectivity index (χ4v) is 2.98. The molecule has 154 valence electrons. The first-order valence-corrected chi connectivity index (χ1v) is 9.97. The van der Waals surface area contributed by atoms with E-state index in [4.69, 9.17) is 21.1 Å². The molecular weight excluding hydrogens is 400 g/mol. The van der Waals surface area contributed by atoms with Crippen LogP contribution in [0.4, 0.5) is 11.4 Å². The Kier molecular flexibility index (Phi) is 7.46. The third-order valence-corrected chi connectivity index (χ3v) is 4.41. The largest absolute Gasteiger partial charge is 0.490 e. The van der Waals surface area contributed by atoms with Crippen LogP contribution in [-0.2, 0) is 4.79 Å². The van der Waals surface area contributed by atoms with Crippen molar-refractivity contribution in [2.45, 2.75) is 13.8 Å². The van der Waals surface area contributed by atoms with Gasteiger partial charge in [-0.05, 0) is 55.8 Å². The van der Waals surface area contributed by atoms with E-state index in [0.717, 1.165) is 11.3 Å². The molecule has 30 heavy (non-hydrogen) atoms. The lowest BCUT2D eigenvalue weighted by atomic mass is 10.2. The molecule has 3 aromatic rings. The Bertz CT molecular complexity index is 1020. The number of rotatable bonds is 8. The van der Waals surface area contributed by atoms with Crippen molar-refractivity contribution in [2.24, 2.45) is 4.99 Å². The van der Waals surface area contributed by atoms with Crippen LogP contribution in [0.15, 0.2) is 71.7 Å². The lowest BCUT2D eigenvalue weighted by Crippen LogP contribution is -2.20. The first-order valence-electron chi connectivity index (χ1n) is 9.60. The van der Waals surface area contributed by atoms with E-state index < -0.39 is 0 Å². The number of para-hydroxylation sites is 1. The van der Waals surface area contributed by atoms with Gasteiger partial charge in [0.05, 0.1) is 17.3 Å². The second-order valence-electron chi connectivity index (χ2n) is 6.56. The second-order valence-corrected chi connectivity index (χ2v) is 6.97. The van der Waals surface area contributed by atoms with Crippen LogP contribution in [0.3, 0.4) is 0 Å². The average Bonchev–Trinajstić information content (AvgIpc) is 2.74. The van der Waals surface area contributed by atoms with Crippen LogP contribution in [0.5, 0.6) is 11.5 Å². The predicted molar refractivity (Wildman–Crippen MR) is 122 cm³/mol. The molecule has 0 bridgehead atoms. The highest BCUT2D eigenvalue weighted by Crippen LogP contribution is 2.36. The molecule has 0 saturated carbocycles. The quantitative estimate of drug-likeness (QED) is 0.465. The van der Waals surface area contributed by atoms with Crippen molar-refractivity contribution >= 4 is 35.1 Å². The van der Waals surface area contributed by atoms with Gasteiger partial charge in [-0.3, -0.25) is 9.79 Å². The van der Waals surface area contributed by atoms with Gasteiger partial charge in [0.15, 0.2) is 18.1 Å². The summed E-state index contributed by atoms with van der Waals surface area (Å²) in [7, 11) is 0. The van der Waals surface area contributed by atoms with E-state index >= 15 is 0 Å². The van der Waals surface area contributed by atoms with Crippen molar-refractivity contribution in [3.63, 3.8) is 0 Å². The Morgan fingerprint density at radius 3 is 2.50 bits per heavy atom. The molecule has 1 amide bonds. The molecule has 0 aliphatic carbocycles. The van der Waals surface area contributed by atoms with Gasteiger partial charge in [0.1, 0.15) is 0 Å². The molecule has 1 N–H and O–H groups in total. The highest BCUT2D eigenvalue weighted by atomic mass is 35.5. The zero-order chi connectivity index (χ0) is 21.3. The van der Waals surface area contributed by atoms with Gasteiger partial charge in [-0.2, -0.15) is 0 Å². The molecule has 0 radical (unpaired) electrons. The van der Waals surface area contributed by atoms with E-state index in [1.807, 2.05) is 56.3 Å². The average molecular weight is 423 g/mol. The van der Waals surface area contributed by atoms with Gasteiger partial charge < -0.3 is 14.8 Å². The number of carbonyl (C=O) groups is 1. The van der Waals surface area contributed by atoms with Gasteiger partial charge in [0.2, 0.25) is 0 Å². The minimum atomic E-state index is -0.287. The van der Waals surface area contributed by atoms with Gasteiger partial charge in [0.25, 0.3) is 5.91 Å². The molecule has 0 aliphatic rings. The molecule has 3 rings (SSSR count). The van der Waals surface area contributed by atoms with E-state index in [0.29, 0.717) is 28.8 Å². The minimum Gasteiger partial charge on any atom is -0.490 e.